The molecule has 1 heterocycles. The lowest BCUT2D eigenvalue weighted by molar-refractivity contribution is -0.383. The second kappa shape index (κ2) is 6.75. The number of carboxylic acids is 1. The largest absolute Gasteiger partial charge is 0.497 e. The molecule has 3 rings (SSSR count). The third-order valence-corrected chi connectivity index (χ3v) is 4.02. The predicted molar refractivity (Wildman–Crippen MR) is 94.3 cm³/mol. The van der Waals surface area contributed by atoms with Crippen LogP contribution in [0, 0.1) is 17.0 Å². The van der Waals surface area contributed by atoms with E-state index in [4.69, 9.17) is 14.6 Å². The molecule has 0 saturated carbocycles. The first kappa shape index (κ1) is 17.3. The van der Waals surface area contributed by atoms with Gasteiger partial charge in [0.15, 0.2) is 6.61 Å². The average Bonchev–Trinajstić information content (AvgIpc) is 2.91. The Morgan fingerprint density at radius 3 is 2.42 bits per heavy atom. The van der Waals surface area contributed by atoms with Crippen LogP contribution < -0.4 is 9.47 Å². The van der Waals surface area contributed by atoms with E-state index in [1.807, 2.05) is 0 Å². The summed E-state index contributed by atoms with van der Waals surface area (Å²) in [7, 11) is 1.56. The monoisotopic (exact) mass is 356 g/mol. The van der Waals surface area contributed by atoms with Gasteiger partial charge >= 0.3 is 5.97 Å². The third kappa shape index (κ3) is 3.04. The van der Waals surface area contributed by atoms with Crippen LogP contribution in [0.15, 0.2) is 42.5 Å². The van der Waals surface area contributed by atoms with E-state index in [0.29, 0.717) is 28.1 Å². The van der Waals surface area contributed by atoms with Crippen molar-refractivity contribution in [2.75, 3.05) is 13.7 Å². The van der Waals surface area contributed by atoms with Crippen molar-refractivity contribution >= 4 is 22.6 Å². The minimum absolute atomic E-state index is 0.000558. The number of ether oxygens (including phenoxy) is 2. The number of carboxylic acid groups (broad SMARTS) is 1. The van der Waals surface area contributed by atoms with Gasteiger partial charge < -0.3 is 19.1 Å². The molecule has 0 unspecified atom stereocenters. The molecule has 0 radical (unpaired) electrons. The highest BCUT2D eigenvalue weighted by atomic mass is 16.6. The zero-order valence-electron chi connectivity index (χ0n) is 14.1. The van der Waals surface area contributed by atoms with Gasteiger partial charge in [-0.15, -0.1) is 0 Å². The van der Waals surface area contributed by atoms with Gasteiger partial charge in [0.1, 0.15) is 11.5 Å². The Kier molecular flexibility index (Phi) is 4.49. The van der Waals surface area contributed by atoms with Gasteiger partial charge in [-0.1, -0.05) is 0 Å². The summed E-state index contributed by atoms with van der Waals surface area (Å²) in [6.45, 7) is 1.18. The van der Waals surface area contributed by atoms with Crippen LogP contribution in [0.4, 0.5) is 5.69 Å². The van der Waals surface area contributed by atoms with E-state index in [-0.39, 0.29) is 5.69 Å². The Labute approximate surface area is 148 Å². The molecular weight excluding hydrogens is 340 g/mol. The fourth-order valence-electron chi connectivity index (χ4n) is 2.91. The standard InChI is InChI=1S/C18H16N2O6/c1-11-18(20(23)24)15-8-7-14(26-10-17(21)22)9-16(15)19(11)12-3-5-13(25-2)6-4-12/h3-9H,10H2,1-2H3,(H,21,22). The number of fused-ring (bicyclic) bond motifs is 1. The van der Waals surface area contributed by atoms with Gasteiger partial charge in [0.25, 0.3) is 5.69 Å². The molecule has 8 heteroatoms. The molecule has 26 heavy (non-hydrogen) atoms. The molecule has 0 amide bonds. The zero-order valence-corrected chi connectivity index (χ0v) is 14.1. The maximum absolute atomic E-state index is 11.5. The van der Waals surface area contributed by atoms with E-state index in [2.05, 4.69) is 0 Å². The Balaban J connectivity index is 2.20. The maximum Gasteiger partial charge on any atom is 0.341 e. The fourth-order valence-corrected chi connectivity index (χ4v) is 2.91. The lowest BCUT2D eigenvalue weighted by atomic mass is 10.2. The molecule has 1 N–H and O–H groups in total. The van der Waals surface area contributed by atoms with E-state index < -0.39 is 17.5 Å². The van der Waals surface area contributed by atoms with Gasteiger partial charge in [0.05, 0.1) is 28.6 Å². The Morgan fingerprint density at radius 2 is 1.85 bits per heavy atom. The molecule has 0 saturated heterocycles. The summed E-state index contributed by atoms with van der Waals surface area (Å²) in [5.74, 6) is -0.109. The van der Waals surface area contributed by atoms with Gasteiger partial charge in [-0.25, -0.2) is 4.79 Å². The first-order valence-corrected chi connectivity index (χ1v) is 7.71. The van der Waals surface area contributed by atoms with Gasteiger partial charge in [0.2, 0.25) is 0 Å². The van der Waals surface area contributed by atoms with Crippen molar-refractivity contribution in [2.24, 2.45) is 0 Å². The van der Waals surface area contributed by atoms with E-state index in [1.54, 1.807) is 55.0 Å². The highest BCUT2D eigenvalue weighted by molar-refractivity contribution is 5.94. The average molecular weight is 356 g/mol. The maximum atomic E-state index is 11.5. The van der Waals surface area contributed by atoms with Crippen molar-refractivity contribution in [1.29, 1.82) is 0 Å². The third-order valence-electron chi connectivity index (χ3n) is 4.02. The van der Waals surface area contributed by atoms with Crippen molar-refractivity contribution in [2.45, 2.75) is 6.92 Å². The highest BCUT2D eigenvalue weighted by Crippen LogP contribution is 2.37. The molecule has 1 aromatic heterocycles. The minimum Gasteiger partial charge on any atom is -0.497 e. The minimum atomic E-state index is -1.10. The van der Waals surface area contributed by atoms with E-state index in [9.17, 15) is 14.9 Å². The number of aliphatic carboxylic acids is 1. The van der Waals surface area contributed by atoms with Crippen molar-refractivity contribution < 1.29 is 24.3 Å². The Hall–Kier alpha value is -3.55. The van der Waals surface area contributed by atoms with Crippen molar-refractivity contribution in [1.82, 2.24) is 4.57 Å². The number of hydrogen-bond donors (Lipinski definition) is 1. The molecule has 0 fully saturated rings. The molecule has 0 aliphatic heterocycles. The molecule has 0 aliphatic carbocycles. The first-order valence-electron chi connectivity index (χ1n) is 7.71. The summed E-state index contributed by atoms with van der Waals surface area (Å²) in [5.41, 5.74) is 1.74. The molecule has 0 spiro atoms. The van der Waals surface area contributed by atoms with Crippen LogP contribution in [-0.4, -0.2) is 34.3 Å². The molecular formula is C18H16N2O6. The van der Waals surface area contributed by atoms with Crippen molar-refractivity contribution in [3.63, 3.8) is 0 Å². The SMILES string of the molecule is COc1ccc(-n2c(C)c([N+](=O)[O-])c3ccc(OCC(=O)O)cc32)cc1. The van der Waals surface area contributed by atoms with Crippen LogP contribution >= 0.6 is 0 Å². The predicted octanol–water partition coefficient (Wildman–Crippen LogP) is 3.32. The highest BCUT2D eigenvalue weighted by Gasteiger charge is 2.24. The summed E-state index contributed by atoms with van der Waals surface area (Å²) in [4.78, 5) is 21.8. The number of nitrogens with zero attached hydrogens (tertiary/aromatic N) is 2. The molecule has 0 bridgehead atoms. The summed E-state index contributed by atoms with van der Waals surface area (Å²) >= 11 is 0. The van der Waals surface area contributed by atoms with Crippen molar-refractivity contribution in [3.8, 4) is 17.2 Å². The topological polar surface area (TPSA) is 104 Å². The van der Waals surface area contributed by atoms with E-state index in [1.165, 1.54) is 6.07 Å². The second-order valence-electron chi connectivity index (χ2n) is 5.59. The van der Waals surface area contributed by atoms with Crippen LogP contribution in [0.25, 0.3) is 16.6 Å². The lowest BCUT2D eigenvalue weighted by Crippen LogP contribution is -2.09. The summed E-state index contributed by atoms with van der Waals surface area (Å²) < 4.78 is 12.1. The van der Waals surface area contributed by atoms with Crippen LogP contribution in [0.1, 0.15) is 5.69 Å². The number of benzene rings is 2. The van der Waals surface area contributed by atoms with Crippen LogP contribution in [0.2, 0.25) is 0 Å². The Bertz CT molecular complexity index is 991. The number of aromatic nitrogens is 1. The number of carbonyl (C=O) groups is 1. The molecule has 8 nitrogen and oxygen atoms in total. The molecule has 3 aromatic rings. The molecule has 0 aliphatic rings. The number of methoxy groups -OCH3 is 1. The normalized spacial score (nSPS) is 10.7. The molecule has 2 aromatic carbocycles. The Morgan fingerprint density at radius 1 is 1.19 bits per heavy atom. The summed E-state index contributed by atoms with van der Waals surface area (Å²) in [6.07, 6.45) is 0. The smallest absolute Gasteiger partial charge is 0.341 e. The summed E-state index contributed by atoms with van der Waals surface area (Å²) in [5, 5.41) is 20.8. The van der Waals surface area contributed by atoms with E-state index in [0.717, 1.165) is 5.69 Å². The van der Waals surface area contributed by atoms with Gasteiger partial charge in [-0.05, 0) is 43.3 Å². The first-order chi connectivity index (χ1) is 12.4. The van der Waals surface area contributed by atoms with Gasteiger partial charge in [-0.3, -0.25) is 10.1 Å². The van der Waals surface area contributed by atoms with Crippen LogP contribution in [0.5, 0.6) is 11.5 Å². The zero-order chi connectivity index (χ0) is 18.8. The molecule has 134 valence electrons. The van der Waals surface area contributed by atoms with Gasteiger partial charge in [-0.2, -0.15) is 0 Å². The quantitative estimate of drug-likeness (QED) is 0.537. The van der Waals surface area contributed by atoms with Crippen molar-refractivity contribution in [3.05, 3.63) is 58.3 Å². The second-order valence-corrected chi connectivity index (χ2v) is 5.59. The van der Waals surface area contributed by atoms with Gasteiger partial charge in [0, 0.05) is 11.8 Å². The van der Waals surface area contributed by atoms with Crippen LogP contribution in [0.3, 0.4) is 0 Å². The van der Waals surface area contributed by atoms with E-state index >= 15 is 0 Å². The van der Waals surface area contributed by atoms with Crippen LogP contribution in [-0.2, 0) is 4.79 Å². The number of hydrogen-bond acceptors (Lipinski definition) is 5. The number of nitro groups is 1. The fraction of sp³-hybridized carbons (Fsp3) is 0.167. The number of rotatable bonds is 6. The lowest BCUT2D eigenvalue weighted by Gasteiger charge is -2.09. The molecule has 0 atom stereocenters. The summed E-state index contributed by atoms with van der Waals surface area (Å²) in [6, 6.07) is 11.8.